The molecule has 0 aliphatic carbocycles. The topological polar surface area (TPSA) is 52.1 Å². The summed E-state index contributed by atoms with van der Waals surface area (Å²) >= 11 is 0. The molecule has 1 heterocycles. The van der Waals surface area contributed by atoms with Crippen molar-refractivity contribution in [1.82, 2.24) is 9.97 Å². The summed E-state index contributed by atoms with van der Waals surface area (Å²) in [4.78, 5) is 18.4. The fourth-order valence-electron chi connectivity index (χ4n) is 0.646. The number of nitrogens with zero attached hydrogens (tertiary/aromatic N) is 2. The Balaban J connectivity index is 3.04. The van der Waals surface area contributed by atoms with E-state index < -0.39 is 5.97 Å². The summed E-state index contributed by atoms with van der Waals surface area (Å²) < 4.78 is 4.44. The highest BCUT2D eigenvalue weighted by Crippen LogP contribution is 1.96. The van der Waals surface area contributed by atoms with Crippen molar-refractivity contribution in [1.29, 1.82) is 0 Å². The van der Waals surface area contributed by atoms with Gasteiger partial charge in [0.05, 0.1) is 7.11 Å². The summed E-state index contributed by atoms with van der Waals surface area (Å²) in [5, 5.41) is 0. The minimum atomic E-state index is -0.520. The molecule has 0 radical (unpaired) electrons. The number of carbonyl (C=O) groups excluding carboxylic acids is 1. The SMILES string of the molecule is C#Cc1nccc(C(=O)OC)n1. The van der Waals surface area contributed by atoms with Gasteiger partial charge in [0, 0.05) is 6.20 Å². The zero-order chi connectivity index (χ0) is 8.97. The van der Waals surface area contributed by atoms with Gasteiger partial charge >= 0.3 is 5.97 Å². The van der Waals surface area contributed by atoms with E-state index in [-0.39, 0.29) is 11.5 Å². The van der Waals surface area contributed by atoms with Crippen LogP contribution in [0.1, 0.15) is 16.3 Å². The molecule has 0 aliphatic rings. The molecule has 0 unspecified atom stereocenters. The molecule has 0 atom stereocenters. The number of terminal acetylenes is 1. The summed E-state index contributed by atoms with van der Waals surface area (Å²) in [6, 6.07) is 1.44. The van der Waals surface area contributed by atoms with Gasteiger partial charge in [-0.25, -0.2) is 14.8 Å². The van der Waals surface area contributed by atoms with Crippen LogP contribution < -0.4 is 0 Å². The molecule has 0 aliphatic heterocycles. The third-order valence-corrected chi connectivity index (χ3v) is 1.18. The molecule has 0 spiro atoms. The van der Waals surface area contributed by atoms with Crippen LogP contribution in [0.2, 0.25) is 0 Å². The zero-order valence-corrected chi connectivity index (χ0v) is 6.44. The van der Waals surface area contributed by atoms with Gasteiger partial charge in [0.1, 0.15) is 0 Å². The largest absolute Gasteiger partial charge is 0.464 e. The lowest BCUT2D eigenvalue weighted by molar-refractivity contribution is 0.0593. The Bertz CT molecular complexity index is 341. The summed E-state index contributed by atoms with van der Waals surface area (Å²) in [6.45, 7) is 0. The van der Waals surface area contributed by atoms with Crippen molar-refractivity contribution in [3.05, 3.63) is 23.8 Å². The minimum absolute atomic E-state index is 0.167. The minimum Gasteiger partial charge on any atom is -0.464 e. The number of carbonyl (C=O) groups is 1. The van der Waals surface area contributed by atoms with Gasteiger partial charge in [-0.2, -0.15) is 0 Å². The van der Waals surface area contributed by atoms with Gasteiger partial charge in [0.15, 0.2) is 5.69 Å². The van der Waals surface area contributed by atoms with Crippen molar-refractivity contribution in [2.45, 2.75) is 0 Å². The van der Waals surface area contributed by atoms with Gasteiger partial charge in [0.2, 0.25) is 5.82 Å². The third-order valence-electron chi connectivity index (χ3n) is 1.18. The predicted octanol–water partition coefficient (Wildman–Crippen LogP) is 0.244. The smallest absolute Gasteiger partial charge is 0.356 e. The Labute approximate surface area is 69.6 Å². The zero-order valence-electron chi connectivity index (χ0n) is 6.44. The Kier molecular flexibility index (Phi) is 2.38. The highest BCUT2D eigenvalue weighted by atomic mass is 16.5. The van der Waals surface area contributed by atoms with Gasteiger partial charge < -0.3 is 4.74 Å². The van der Waals surface area contributed by atoms with Crippen LogP contribution in [-0.2, 0) is 4.74 Å². The molecular weight excluding hydrogens is 156 g/mol. The van der Waals surface area contributed by atoms with Crippen LogP contribution in [0.25, 0.3) is 0 Å². The molecule has 60 valence electrons. The van der Waals surface area contributed by atoms with E-state index in [4.69, 9.17) is 6.42 Å². The van der Waals surface area contributed by atoms with Crippen molar-refractivity contribution >= 4 is 5.97 Å². The lowest BCUT2D eigenvalue weighted by Gasteiger charge is -1.96. The monoisotopic (exact) mass is 162 g/mol. The van der Waals surface area contributed by atoms with Crippen LogP contribution in [0.5, 0.6) is 0 Å². The molecular formula is C8H6N2O2. The van der Waals surface area contributed by atoms with Crippen LogP contribution in [0.3, 0.4) is 0 Å². The third kappa shape index (κ3) is 1.58. The normalized spacial score (nSPS) is 8.67. The van der Waals surface area contributed by atoms with E-state index in [1.165, 1.54) is 19.4 Å². The highest BCUT2D eigenvalue weighted by molar-refractivity contribution is 5.86. The van der Waals surface area contributed by atoms with E-state index >= 15 is 0 Å². The maximum atomic E-state index is 10.9. The van der Waals surface area contributed by atoms with E-state index in [2.05, 4.69) is 20.6 Å². The van der Waals surface area contributed by atoms with E-state index in [1.807, 2.05) is 0 Å². The Morgan fingerprint density at radius 2 is 2.50 bits per heavy atom. The lowest BCUT2D eigenvalue weighted by Crippen LogP contribution is -2.05. The number of rotatable bonds is 1. The maximum absolute atomic E-state index is 10.9. The summed E-state index contributed by atoms with van der Waals surface area (Å²) in [6.07, 6.45) is 6.44. The van der Waals surface area contributed by atoms with Crippen LogP contribution in [-0.4, -0.2) is 23.0 Å². The second-order valence-electron chi connectivity index (χ2n) is 1.90. The van der Waals surface area contributed by atoms with Crippen molar-refractivity contribution in [2.24, 2.45) is 0 Å². The Morgan fingerprint density at radius 3 is 3.08 bits per heavy atom. The van der Waals surface area contributed by atoms with Crippen LogP contribution in [0, 0.1) is 12.3 Å². The van der Waals surface area contributed by atoms with Gasteiger partial charge in [0.25, 0.3) is 0 Å². The van der Waals surface area contributed by atoms with E-state index in [0.717, 1.165) is 0 Å². The fraction of sp³-hybridized carbons (Fsp3) is 0.125. The van der Waals surface area contributed by atoms with Crippen molar-refractivity contribution in [2.75, 3.05) is 7.11 Å². The Morgan fingerprint density at radius 1 is 1.75 bits per heavy atom. The maximum Gasteiger partial charge on any atom is 0.356 e. The number of esters is 1. The molecule has 1 aromatic rings. The van der Waals surface area contributed by atoms with Gasteiger partial charge in [-0.3, -0.25) is 0 Å². The average molecular weight is 162 g/mol. The fourth-order valence-corrected chi connectivity index (χ4v) is 0.646. The second kappa shape index (κ2) is 3.49. The van der Waals surface area contributed by atoms with Crippen LogP contribution in [0.4, 0.5) is 0 Å². The van der Waals surface area contributed by atoms with E-state index in [9.17, 15) is 4.79 Å². The number of aromatic nitrogens is 2. The van der Waals surface area contributed by atoms with Gasteiger partial charge in [-0.15, -0.1) is 6.42 Å². The molecule has 4 nitrogen and oxygen atoms in total. The first-order valence-electron chi connectivity index (χ1n) is 3.16. The number of methoxy groups -OCH3 is 1. The molecule has 0 bridgehead atoms. The van der Waals surface area contributed by atoms with Gasteiger partial charge in [-0.05, 0) is 12.0 Å². The van der Waals surface area contributed by atoms with E-state index in [0.29, 0.717) is 0 Å². The molecule has 0 N–H and O–H groups in total. The first-order chi connectivity index (χ1) is 5.77. The second-order valence-corrected chi connectivity index (χ2v) is 1.90. The first-order valence-corrected chi connectivity index (χ1v) is 3.16. The number of ether oxygens (including phenoxy) is 1. The standard InChI is InChI=1S/C8H6N2O2/c1-3-7-9-5-4-6(10-7)8(11)12-2/h1,4-5H,2H3. The first kappa shape index (κ1) is 8.21. The molecule has 0 aromatic carbocycles. The van der Waals surface area contributed by atoms with Gasteiger partial charge in [-0.1, -0.05) is 0 Å². The molecule has 1 aromatic heterocycles. The molecule has 1 rings (SSSR count). The lowest BCUT2D eigenvalue weighted by atomic mass is 10.4. The number of hydrogen-bond donors (Lipinski definition) is 0. The summed E-state index contributed by atoms with van der Waals surface area (Å²) in [5.41, 5.74) is 0.167. The molecule has 0 amide bonds. The summed E-state index contributed by atoms with van der Waals surface area (Å²) in [5.74, 6) is 1.88. The van der Waals surface area contributed by atoms with Crippen molar-refractivity contribution < 1.29 is 9.53 Å². The van der Waals surface area contributed by atoms with Crippen molar-refractivity contribution in [3.8, 4) is 12.3 Å². The predicted molar refractivity (Wildman–Crippen MR) is 41.3 cm³/mol. The molecule has 12 heavy (non-hydrogen) atoms. The Hall–Kier alpha value is -1.89. The van der Waals surface area contributed by atoms with E-state index in [1.54, 1.807) is 0 Å². The highest BCUT2D eigenvalue weighted by Gasteiger charge is 2.06. The molecule has 4 heteroatoms. The summed E-state index contributed by atoms with van der Waals surface area (Å²) in [7, 11) is 1.28. The molecule has 0 saturated heterocycles. The van der Waals surface area contributed by atoms with Crippen LogP contribution >= 0.6 is 0 Å². The molecule has 0 fully saturated rings. The molecule has 0 saturated carbocycles. The number of hydrogen-bond acceptors (Lipinski definition) is 4. The van der Waals surface area contributed by atoms with Crippen LogP contribution in [0.15, 0.2) is 12.3 Å². The quantitative estimate of drug-likeness (QED) is 0.438. The average Bonchev–Trinajstić information content (AvgIpc) is 2.17. The van der Waals surface area contributed by atoms with Crippen molar-refractivity contribution in [3.63, 3.8) is 0 Å².